The third-order valence-electron chi connectivity index (χ3n) is 5.28. The number of nitrogens with zero attached hydrogens (tertiary/aromatic N) is 4. The summed E-state index contributed by atoms with van der Waals surface area (Å²) in [5.41, 5.74) is -0.395. The fraction of sp³-hybridized carbons (Fsp3) is 0.368. The molecule has 26 heavy (non-hydrogen) atoms. The first-order chi connectivity index (χ1) is 12.4. The molecule has 0 radical (unpaired) electrons. The largest absolute Gasteiger partial charge is 0.305 e. The van der Waals surface area contributed by atoms with Crippen LogP contribution in [-0.2, 0) is 0 Å². The summed E-state index contributed by atoms with van der Waals surface area (Å²) in [4.78, 5) is 2.07. The zero-order valence-electron chi connectivity index (χ0n) is 14.0. The second-order valence-corrected chi connectivity index (χ2v) is 7.50. The van der Waals surface area contributed by atoms with E-state index in [0.717, 1.165) is 5.57 Å². The molecule has 0 amide bonds. The highest BCUT2D eigenvalue weighted by atomic mass is 35.5. The molecule has 1 N–H and O–H groups in total. The van der Waals surface area contributed by atoms with Gasteiger partial charge in [0.2, 0.25) is 0 Å². The van der Waals surface area contributed by atoms with Crippen LogP contribution >= 0.6 is 23.2 Å². The maximum absolute atomic E-state index is 9.92. The molecule has 3 rings (SSSR count). The van der Waals surface area contributed by atoms with Crippen molar-refractivity contribution in [3.63, 3.8) is 0 Å². The zero-order chi connectivity index (χ0) is 19.1. The van der Waals surface area contributed by atoms with Crippen LogP contribution in [0.15, 0.2) is 29.8 Å². The minimum Gasteiger partial charge on any atom is -0.305 e. The van der Waals surface area contributed by atoms with Crippen LogP contribution in [0.1, 0.15) is 11.5 Å². The van der Waals surface area contributed by atoms with Gasteiger partial charge in [-0.3, -0.25) is 0 Å². The van der Waals surface area contributed by atoms with Crippen LogP contribution in [0.5, 0.6) is 0 Å². The summed E-state index contributed by atoms with van der Waals surface area (Å²) >= 11 is 12.2. The number of hydrogen-bond donors (Lipinski definition) is 1. The van der Waals surface area contributed by atoms with Crippen LogP contribution in [0.4, 0.5) is 0 Å². The average Bonchev–Trinajstić information content (AvgIpc) is 2.63. The van der Waals surface area contributed by atoms with Gasteiger partial charge in [-0.25, -0.2) is 0 Å². The van der Waals surface area contributed by atoms with Crippen molar-refractivity contribution in [3.05, 3.63) is 45.5 Å². The average molecular weight is 384 g/mol. The van der Waals surface area contributed by atoms with Crippen molar-refractivity contribution >= 4 is 28.9 Å². The van der Waals surface area contributed by atoms with E-state index in [1.165, 1.54) is 0 Å². The van der Waals surface area contributed by atoms with Crippen molar-refractivity contribution in [2.24, 2.45) is 17.3 Å². The lowest BCUT2D eigenvalue weighted by Crippen LogP contribution is -2.52. The number of nitriles is 3. The Labute approximate surface area is 162 Å². The Bertz CT molecular complexity index is 917. The van der Waals surface area contributed by atoms with Crippen molar-refractivity contribution in [3.8, 4) is 18.2 Å². The molecule has 1 heterocycles. The van der Waals surface area contributed by atoms with Crippen LogP contribution in [0.3, 0.4) is 0 Å². The van der Waals surface area contributed by atoms with Crippen molar-refractivity contribution in [2.45, 2.75) is 5.92 Å². The molecule has 2 aliphatic rings. The molecular formula is C19H15Cl2N5. The number of rotatable bonds is 1. The van der Waals surface area contributed by atoms with Crippen molar-refractivity contribution < 1.29 is 0 Å². The van der Waals surface area contributed by atoms with Gasteiger partial charge in [-0.05, 0) is 30.3 Å². The molecule has 7 heteroatoms. The third-order valence-corrected chi connectivity index (χ3v) is 6.01. The molecule has 1 saturated carbocycles. The maximum atomic E-state index is 9.92. The number of nitrogens with one attached hydrogen (secondary N) is 1. The van der Waals surface area contributed by atoms with Crippen LogP contribution < -0.4 is 0 Å². The first-order valence-electron chi connectivity index (χ1n) is 8.04. The summed E-state index contributed by atoms with van der Waals surface area (Å²) in [6.45, 7) is 1.25. The summed E-state index contributed by atoms with van der Waals surface area (Å²) in [5.74, 6) is -1.69. The normalized spacial score (nSPS) is 27.5. The Balaban J connectivity index is 2.28. The van der Waals surface area contributed by atoms with Crippen LogP contribution in [-0.4, -0.2) is 30.7 Å². The van der Waals surface area contributed by atoms with Gasteiger partial charge in [0.25, 0.3) is 0 Å². The molecule has 0 saturated heterocycles. The summed E-state index contributed by atoms with van der Waals surface area (Å²) < 4.78 is 0. The fourth-order valence-electron chi connectivity index (χ4n) is 4.03. The predicted octanol–water partition coefficient (Wildman–Crippen LogP) is 3.77. The number of hydrogen-bond acceptors (Lipinski definition) is 5. The monoisotopic (exact) mass is 383 g/mol. The summed E-state index contributed by atoms with van der Waals surface area (Å²) in [5, 5.41) is 38.7. The SMILES string of the molecule is CN1CC=C2C(C#N)C(=N)C(C#N)(C#N)[C@H](c3ccc(Cl)c(Cl)c3)[C@H]2C1. The summed E-state index contributed by atoms with van der Waals surface area (Å²) in [7, 11) is 1.95. The molecule has 1 aromatic rings. The van der Waals surface area contributed by atoms with Gasteiger partial charge in [-0.2, -0.15) is 15.8 Å². The van der Waals surface area contributed by atoms with E-state index in [1.807, 2.05) is 13.1 Å². The molecule has 1 aliphatic carbocycles. The number of fused-ring (bicyclic) bond motifs is 1. The molecule has 1 aliphatic heterocycles. The smallest absolute Gasteiger partial charge is 0.189 e. The van der Waals surface area contributed by atoms with Gasteiger partial charge in [-0.1, -0.05) is 35.3 Å². The van der Waals surface area contributed by atoms with Gasteiger partial charge in [0.05, 0.1) is 34.0 Å². The van der Waals surface area contributed by atoms with Crippen molar-refractivity contribution in [1.82, 2.24) is 4.90 Å². The van der Waals surface area contributed by atoms with E-state index in [4.69, 9.17) is 28.6 Å². The lowest BCUT2D eigenvalue weighted by Gasteiger charge is -2.47. The quantitative estimate of drug-likeness (QED) is 0.745. The zero-order valence-corrected chi connectivity index (χ0v) is 15.5. The van der Waals surface area contributed by atoms with Gasteiger partial charge < -0.3 is 10.3 Å². The lowest BCUT2D eigenvalue weighted by atomic mass is 9.54. The molecule has 0 spiro atoms. The molecule has 130 valence electrons. The number of likely N-dealkylation sites (N-methyl/N-ethyl adjacent to an activating group) is 1. The van der Waals surface area contributed by atoms with E-state index in [1.54, 1.807) is 18.2 Å². The highest BCUT2D eigenvalue weighted by molar-refractivity contribution is 6.42. The molecular weight excluding hydrogens is 369 g/mol. The van der Waals surface area contributed by atoms with Crippen LogP contribution in [0, 0.1) is 56.7 Å². The maximum Gasteiger partial charge on any atom is 0.189 e. The second-order valence-electron chi connectivity index (χ2n) is 6.69. The Morgan fingerprint density at radius 2 is 1.88 bits per heavy atom. The summed E-state index contributed by atoms with van der Waals surface area (Å²) in [6.07, 6.45) is 1.94. The first-order valence-corrected chi connectivity index (χ1v) is 8.79. The van der Waals surface area contributed by atoms with Crippen molar-refractivity contribution in [2.75, 3.05) is 20.1 Å². The van der Waals surface area contributed by atoms with Crippen LogP contribution in [0.25, 0.3) is 0 Å². The molecule has 1 fully saturated rings. The molecule has 3 atom stereocenters. The summed E-state index contributed by atoms with van der Waals surface area (Å²) in [6, 6.07) is 11.3. The highest BCUT2D eigenvalue weighted by Crippen LogP contribution is 2.53. The molecule has 1 aromatic carbocycles. The number of halogens is 2. The van der Waals surface area contributed by atoms with Gasteiger partial charge in [0.1, 0.15) is 5.92 Å². The van der Waals surface area contributed by atoms with E-state index in [9.17, 15) is 15.8 Å². The van der Waals surface area contributed by atoms with Gasteiger partial charge in [-0.15, -0.1) is 0 Å². The molecule has 5 nitrogen and oxygen atoms in total. The van der Waals surface area contributed by atoms with Crippen LogP contribution in [0.2, 0.25) is 10.0 Å². The Kier molecular flexibility index (Phi) is 4.78. The Hall–Kier alpha value is -2.36. The Morgan fingerprint density at radius 1 is 1.19 bits per heavy atom. The lowest BCUT2D eigenvalue weighted by molar-refractivity contribution is 0.235. The number of benzene rings is 1. The predicted molar refractivity (Wildman–Crippen MR) is 98.8 cm³/mol. The van der Waals surface area contributed by atoms with E-state index < -0.39 is 17.3 Å². The molecule has 0 bridgehead atoms. The van der Waals surface area contributed by atoms with Gasteiger partial charge >= 0.3 is 0 Å². The van der Waals surface area contributed by atoms with E-state index in [0.29, 0.717) is 28.7 Å². The highest BCUT2D eigenvalue weighted by Gasteiger charge is 2.57. The van der Waals surface area contributed by atoms with Crippen molar-refractivity contribution in [1.29, 1.82) is 21.2 Å². The topological polar surface area (TPSA) is 98.5 Å². The standard InChI is InChI=1S/C19H15Cl2N5/c1-26-5-4-12-13(7-22)18(25)19(9-23,10-24)17(14(12)8-26)11-2-3-15(20)16(21)6-11/h2-4,6,13-14,17,25H,5,8H2,1H3/t13?,14-,17+/m0/s1. The third kappa shape index (κ3) is 2.59. The minimum absolute atomic E-state index is 0.159. The van der Waals surface area contributed by atoms with Gasteiger partial charge in [0, 0.05) is 24.9 Å². The van der Waals surface area contributed by atoms with E-state index in [-0.39, 0.29) is 11.6 Å². The molecule has 0 aromatic heterocycles. The van der Waals surface area contributed by atoms with E-state index in [2.05, 4.69) is 23.1 Å². The Morgan fingerprint density at radius 3 is 2.46 bits per heavy atom. The first kappa shape index (κ1) is 18.4. The molecule has 1 unspecified atom stereocenters. The minimum atomic E-state index is -1.72. The van der Waals surface area contributed by atoms with E-state index >= 15 is 0 Å². The second kappa shape index (κ2) is 6.75. The van der Waals surface area contributed by atoms with Gasteiger partial charge in [0.15, 0.2) is 5.41 Å². The fourth-order valence-corrected chi connectivity index (χ4v) is 4.34.